The van der Waals surface area contributed by atoms with Crippen LogP contribution in [0.4, 0.5) is 26.3 Å². The highest BCUT2D eigenvalue weighted by Gasteiger charge is 2.32. The molecule has 1 aromatic rings. The minimum Gasteiger partial charge on any atom is -0.466 e. The summed E-state index contributed by atoms with van der Waals surface area (Å²) in [5, 5.41) is 0. The summed E-state index contributed by atoms with van der Waals surface area (Å²) >= 11 is 0. The van der Waals surface area contributed by atoms with Gasteiger partial charge in [-0.05, 0) is 56.0 Å². The molecule has 2 nitrogen and oxygen atoms in total. The maximum Gasteiger partial charge on any atom is 0.415 e. The zero-order chi connectivity index (χ0) is 22.5. The van der Waals surface area contributed by atoms with Crippen LogP contribution in [0.15, 0.2) is 35.9 Å². The van der Waals surface area contributed by atoms with Crippen LogP contribution < -0.4 is 0 Å². The molecule has 1 aromatic carbocycles. The molecule has 160 valence electrons. The molecule has 0 aliphatic rings. The molecule has 0 unspecified atom stereocenters. The monoisotopic (exact) mass is 420 g/mol. The number of carbonyl (C=O) groups is 1. The zero-order valence-electron chi connectivity index (χ0n) is 16.6. The van der Waals surface area contributed by atoms with Gasteiger partial charge in [0.15, 0.2) is 5.83 Å². The van der Waals surface area contributed by atoms with Crippen molar-refractivity contribution in [2.45, 2.75) is 46.7 Å². The first-order chi connectivity index (χ1) is 13.3. The van der Waals surface area contributed by atoms with Gasteiger partial charge < -0.3 is 4.74 Å². The van der Waals surface area contributed by atoms with Gasteiger partial charge in [-0.2, -0.15) is 13.2 Å². The van der Waals surface area contributed by atoms with Crippen molar-refractivity contribution in [1.82, 2.24) is 0 Å². The molecule has 0 aliphatic heterocycles. The topological polar surface area (TPSA) is 26.3 Å². The molecular weight excluding hydrogens is 398 g/mol. The van der Waals surface area contributed by atoms with Crippen LogP contribution in [0.5, 0.6) is 0 Å². The molecule has 0 aliphatic carbocycles. The third-order valence-electron chi connectivity index (χ3n) is 4.16. The van der Waals surface area contributed by atoms with Gasteiger partial charge in [0.1, 0.15) is 11.6 Å². The second-order valence-corrected chi connectivity index (χ2v) is 6.43. The molecule has 0 fully saturated rings. The van der Waals surface area contributed by atoms with E-state index in [4.69, 9.17) is 0 Å². The first kappa shape index (κ1) is 24.5. The van der Waals surface area contributed by atoms with Gasteiger partial charge in [-0.25, -0.2) is 13.2 Å². The number of ether oxygens (including phenoxy) is 1. The Hall–Kier alpha value is -2.51. The van der Waals surface area contributed by atoms with Crippen molar-refractivity contribution < 1.29 is 35.9 Å². The largest absolute Gasteiger partial charge is 0.466 e. The van der Waals surface area contributed by atoms with E-state index in [9.17, 15) is 31.1 Å². The summed E-state index contributed by atoms with van der Waals surface area (Å²) in [6.07, 6.45) is -5.77. The Labute approximate surface area is 165 Å². The minimum atomic E-state index is -4.89. The molecule has 8 heteroatoms. The summed E-state index contributed by atoms with van der Waals surface area (Å²) in [6.45, 7) is 8.59. The molecule has 1 rings (SSSR count). The molecule has 0 heterocycles. The summed E-state index contributed by atoms with van der Waals surface area (Å²) in [6, 6.07) is 1.33. The lowest BCUT2D eigenvalue weighted by Crippen LogP contribution is -2.10. The van der Waals surface area contributed by atoms with Crippen LogP contribution in [0.1, 0.15) is 42.0 Å². The van der Waals surface area contributed by atoms with E-state index in [0.717, 1.165) is 0 Å². The van der Waals surface area contributed by atoms with Crippen molar-refractivity contribution >= 4 is 11.5 Å². The SMILES string of the molecule is C=C(/C=C(\C(F)=C(/F)CCC(=O)OCC)c1c(C)cc(C)c(F)c1C)C(F)(F)F. The highest BCUT2D eigenvalue weighted by Crippen LogP contribution is 2.38. The van der Waals surface area contributed by atoms with Crippen LogP contribution in [-0.4, -0.2) is 18.8 Å². The number of alkyl halides is 3. The van der Waals surface area contributed by atoms with Crippen LogP contribution in [0.3, 0.4) is 0 Å². The predicted molar refractivity (Wildman–Crippen MR) is 98.9 cm³/mol. The highest BCUT2D eigenvalue weighted by atomic mass is 19.4. The normalized spacial score (nSPS) is 13.2. The zero-order valence-corrected chi connectivity index (χ0v) is 16.6. The summed E-state index contributed by atoms with van der Waals surface area (Å²) in [4.78, 5) is 11.3. The molecule has 0 N–H and O–H groups in total. The average Bonchev–Trinajstić information content (AvgIpc) is 2.62. The lowest BCUT2D eigenvalue weighted by Gasteiger charge is -2.17. The minimum absolute atomic E-state index is 0.0459. The maximum atomic E-state index is 14.9. The lowest BCUT2D eigenvalue weighted by atomic mass is 9.90. The fourth-order valence-corrected chi connectivity index (χ4v) is 2.78. The molecule has 0 radical (unpaired) electrons. The summed E-state index contributed by atoms with van der Waals surface area (Å²) in [7, 11) is 0. The number of allylic oxidation sites excluding steroid dienone is 5. The van der Waals surface area contributed by atoms with Crippen LogP contribution in [0.25, 0.3) is 5.57 Å². The van der Waals surface area contributed by atoms with Crippen molar-refractivity contribution in [1.29, 1.82) is 0 Å². The van der Waals surface area contributed by atoms with E-state index in [2.05, 4.69) is 11.3 Å². The number of hydrogen-bond acceptors (Lipinski definition) is 2. The van der Waals surface area contributed by atoms with Gasteiger partial charge in [0.25, 0.3) is 0 Å². The molecule has 0 bridgehead atoms. The predicted octanol–water partition coefficient (Wildman–Crippen LogP) is 6.75. The van der Waals surface area contributed by atoms with Gasteiger partial charge in [-0.15, -0.1) is 0 Å². The van der Waals surface area contributed by atoms with Crippen LogP contribution in [-0.2, 0) is 9.53 Å². The van der Waals surface area contributed by atoms with Crippen LogP contribution in [0, 0.1) is 26.6 Å². The summed E-state index contributed by atoms with van der Waals surface area (Å²) in [5.74, 6) is -4.59. The Morgan fingerprint density at radius 1 is 1.14 bits per heavy atom. The van der Waals surface area contributed by atoms with Gasteiger partial charge in [0.2, 0.25) is 0 Å². The number of hydrogen-bond donors (Lipinski definition) is 0. The van der Waals surface area contributed by atoms with E-state index in [1.165, 1.54) is 33.8 Å². The second-order valence-electron chi connectivity index (χ2n) is 6.43. The van der Waals surface area contributed by atoms with E-state index >= 15 is 0 Å². The number of halogens is 6. The average molecular weight is 420 g/mol. The molecule has 0 saturated carbocycles. The molecule has 0 aromatic heterocycles. The van der Waals surface area contributed by atoms with Crippen molar-refractivity contribution in [3.63, 3.8) is 0 Å². The van der Waals surface area contributed by atoms with E-state index in [-0.39, 0.29) is 28.9 Å². The molecule has 0 spiro atoms. The number of aryl methyl sites for hydroxylation is 2. The summed E-state index contributed by atoms with van der Waals surface area (Å²) in [5.41, 5.74) is -2.08. The fraction of sp³-hybridized carbons (Fsp3) is 0.381. The third-order valence-corrected chi connectivity index (χ3v) is 4.16. The quantitative estimate of drug-likeness (QED) is 0.277. The number of carbonyl (C=O) groups excluding carboxylic acids is 1. The highest BCUT2D eigenvalue weighted by molar-refractivity contribution is 5.83. The molecule has 0 saturated heterocycles. The Kier molecular flexibility index (Phi) is 8.29. The first-order valence-corrected chi connectivity index (χ1v) is 8.75. The van der Waals surface area contributed by atoms with E-state index < -0.39 is 53.6 Å². The summed E-state index contributed by atoms with van der Waals surface area (Å²) < 4.78 is 87.1. The first-order valence-electron chi connectivity index (χ1n) is 8.75. The third kappa shape index (κ3) is 6.24. The van der Waals surface area contributed by atoms with Crippen molar-refractivity contribution in [3.8, 4) is 0 Å². The molecule has 29 heavy (non-hydrogen) atoms. The van der Waals surface area contributed by atoms with Gasteiger partial charge in [0.05, 0.1) is 13.0 Å². The van der Waals surface area contributed by atoms with Crippen LogP contribution in [0.2, 0.25) is 0 Å². The van der Waals surface area contributed by atoms with Gasteiger partial charge in [-0.3, -0.25) is 4.79 Å². The Morgan fingerprint density at radius 2 is 1.72 bits per heavy atom. The lowest BCUT2D eigenvalue weighted by molar-refractivity contribution is -0.143. The number of rotatable bonds is 7. The number of benzene rings is 1. The van der Waals surface area contributed by atoms with E-state index in [1.807, 2.05) is 0 Å². The fourth-order valence-electron chi connectivity index (χ4n) is 2.78. The molecule has 0 amide bonds. The number of esters is 1. The maximum absolute atomic E-state index is 14.9. The Bertz CT molecular complexity index is 863. The smallest absolute Gasteiger partial charge is 0.415 e. The molecular formula is C21H22F6O2. The van der Waals surface area contributed by atoms with Gasteiger partial charge >= 0.3 is 12.1 Å². The Balaban J connectivity index is 3.58. The van der Waals surface area contributed by atoms with Crippen LogP contribution >= 0.6 is 0 Å². The second kappa shape index (κ2) is 9.80. The van der Waals surface area contributed by atoms with Crippen molar-refractivity contribution in [2.75, 3.05) is 6.61 Å². The molecule has 0 atom stereocenters. The van der Waals surface area contributed by atoms with Gasteiger partial charge in [-0.1, -0.05) is 12.6 Å². The van der Waals surface area contributed by atoms with E-state index in [1.54, 1.807) is 0 Å². The Morgan fingerprint density at radius 3 is 2.24 bits per heavy atom. The van der Waals surface area contributed by atoms with Crippen molar-refractivity contribution in [2.24, 2.45) is 0 Å². The standard InChI is InChI=1S/C21H22F6O2/c1-6-29-17(28)8-7-16(22)20(24)15(10-13(4)21(25,26)27)18-11(2)9-12(3)19(23)14(18)5/h9-10H,4,6-8H2,1-3,5H3/b15-10-,20-16+. The van der Waals surface area contributed by atoms with Gasteiger partial charge in [0, 0.05) is 17.6 Å². The van der Waals surface area contributed by atoms with E-state index in [0.29, 0.717) is 6.08 Å². The van der Waals surface area contributed by atoms with Crippen molar-refractivity contribution in [3.05, 3.63) is 64.0 Å².